The molecule has 0 unspecified atom stereocenters. The molecule has 1 N–H and O–H groups in total. The van der Waals surface area contributed by atoms with Gasteiger partial charge in [0.15, 0.2) is 5.65 Å². The van der Waals surface area contributed by atoms with Gasteiger partial charge in [-0.2, -0.15) is 0 Å². The fourth-order valence-corrected chi connectivity index (χ4v) is 3.29. The Balaban J connectivity index is 1.71. The molecule has 3 heterocycles. The summed E-state index contributed by atoms with van der Waals surface area (Å²) in [6.45, 7) is 3.67. The maximum atomic E-state index is 13.2. The molecule has 1 amide bonds. The molecule has 0 radical (unpaired) electrons. The van der Waals surface area contributed by atoms with Crippen LogP contribution < -0.4 is 10.1 Å². The van der Waals surface area contributed by atoms with Crippen LogP contribution >= 0.6 is 0 Å². The number of pyridine rings is 2. The van der Waals surface area contributed by atoms with Gasteiger partial charge in [-0.15, -0.1) is 13.2 Å². The molecular formula is C21H19F3N4O3. The summed E-state index contributed by atoms with van der Waals surface area (Å²) < 4.78 is 46.5. The molecule has 1 aliphatic rings. The summed E-state index contributed by atoms with van der Waals surface area (Å²) >= 11 is 0. The number of carbonyl (C=O) groups is 1. The van der Waals surface area contributed by atoms with Crippen LogP contribution in [-0.2, 0) is 4.74 Å². The predicted molar refractivity (Wildman–Crippen MR) is 107 cm³/mol. The second kappa shape index (κ2) is 8.38. The summed E-state index contributed by atoms with van der Waals surface area (Å²) in [5.41, 5.74) is 2.54. The highest BCUT2D eigenvalue weighted by atomic mass is 19.4. The van der Waals surface area contributed by atoms with E-state index in [1.807, 2.05) is 13.0 Å². The van der Waals surface area contributed by atoms with Crippen molar-refractivity contribution < 1.29 is 27.4 Å². The molecule has 4 rings (SSSR count). The molecule has 31 heavy (non-hydrogen) atoms. The van der Waals surface area contributed by atoms with E-state index in [1.54, 1.807) is 11.0 Å². The van der Waals surface area contributed by atoms with Crippen LogP contribution in [0.2, 0.25) is 0 Å². The Bertz CT molecular complexity index is 1100. The first-order valence-corrected chi connectivity index (χ1v) is 9.56. The van der Waals surface area contributed by atoms with Gasteiger partial charge in [0.25, 0.3) is 5.91 Å². The zero-order chi connectivity index (χ0) is 22.0. The third kappa shape index (κ3) is 4.85. The monoisotopic (exact) mass is 432 g/mol. The largest absolute Gasteiger partial charge is 0.573 e. The minimum atomic E-state index is -4.77. The second-order valence-corrected chi connectivity index (χ2v) is 6.97. The van der Waals surface area contributed by atoms with Crippen molar-refractivity contribution in [3.8, 4) is 5.75 Å². The van der Waals surface area contributed by atoms with Crippen LogP contribution in [0.5, 0.6) is 5.75 Å². The van der Waals surface area contributed by atoms with Gasteiger partial charge in [0.1, 0.15) is 5.75 Å². The number of aromatic nitrogens is 2. The van der Waals surface area contributed by atoms with Gasteiger partial charge in [0.2, 0.25) is 0 Å². The van der Waals surface area contributed by atoms with E-state index in [0.717, 1.165) is 5.69 Å². The van der Waals surface area contributed by atoms with Crippen molar-refractivity contribution in [3.63, 3.8) is 0 Å². The van der Waals surface area contributed by atoms with E-state index in [0.29, 0.717) is 54.3 Å². The number of rotatable bonds is 4. The first kappa shape index (κ1) is 20.9. The SMILES string of the molecule is Cc1ccc2c(Nc3ccc(OC(F)(F)F)cc3)c(C(=O)N3CCOCC3)cnc2n1. The number of aryl methyl sites for hydroxylation is 1. The van der Waals surface area contributed by atoms with E-state index < -0.39 is 6.36 Å². The number of alkyl halides is 3. The third-order valence-electron chi connectivity index (χ3n) is 4.75. The van der Waals surface area contributed by atoms with E-state index in [4.69, 9.17) is 4.74 Å². The second-order valence-electron chi connectivity index (χ2n) is 6.97. The maximum Gasteiger partial charge on any atom is 0.573 e. The number of anilines is 2. The van der Waals surface area contributed by atoms with Crippen LogP contribution in [0, 0.1) is 6.92 Å². The number of hydrogen-bond acceptors (Lipinski definition) is 6. The molecule has 162 valence electrons. The lowest BCUT2D eigenvalue weighted by molar-refractivity contribution is -0.274. The molecule has 0 spiro atoms. The summed E-state index contributed by atoms with van der Waals surface area (Å²) in [4.78, 5) is 23.6. The Kier molecular flexibility index (Phi) is 5.64. The summed E-state index contributed by atoms with van der Waals surface area (Å²) in [5, 5.41) is 3.77. The number of halogens is 3. The van der Waals surface area contributed by atoms with Crippen molar-refractivity contribution in [2.75, 3.05) is 31.6 Å². The molecular weight excluding hydrogens is 413 g/mol. The van der Waals surface area contributed by atoms with E-state index in [2.05, 4.69) is 20.0 Å². The highest BCUT2D eigenvalue weighted by molar-refractivity contribution is 6.07. The number of nitrogens with one attached hydrogen (secondary N) is 1. The lowest BCUT2D eigenvalue weighted by atomic mass is 10.1. The van der Waals surface area contributed by atoms with Crippen LogP contribution in [0.4, 0.5) is 24.5 Å². The van der Waals surface area contributed by atoms with E-state index in [-0.39, 0.29) is 11.7 Å². The quantitative estimate of drug-likeness (QED) is 0.670. The summed E-state index contributed by atoms with van der Waals surface area (Å²) in [5.74, 6) is -0.544. The van der Waals surface area contributed by atoms with Crippen LogP contribution in [0.1, 0.15) is 16.1 Å². The molecule has 0 atom stereocenters. The molecule has 1 aliphatic heterocycles. The molecule has 2 aromatic heterocycles. The van der Waals surface area contributed by atoms with Gasteiger partial charge in [-0.1, -0.05) is 0 Å². The van der Waals surface area contributed by atoms with Gasteiger partial charge in [-0.05, 0) is 43.3 Å². The van der Waals surface area contributed by atoms with E-state index in [1.165, 1.54) is 30.5 Å². The number of morpholine rings is 1. The molecule has 0 bridgehead atoms. The summed E-state index contributed by atoms with van der Waals surface area (Å²) in [6, 6.07) is 8.90. The minimum absolute atomic E-state index is 0.210. The Morgan fingerprint density at radius 3 is 2.52 bits per heavy atom. The Hall–Kier alpha value is -3.40. The van der Waals surface area contributed by atoms with Crippen LogP contribution in [-0.4, -0.2) is 53.4 Å². The minimum Gasteiger partial charge on any atom is -0.406 e. The molecule has 0 saturated carbocycles. The van der Waals surface area contributed by atoms with Crippen molar-refractivity contribution in [3.05, 3.63) is 53.9 Å². The van der Waals surface area contributed by atoms with Crippen LogP contribution in [0.15, 0.2) is 42.6 Å². The maximum absolute atomic E-state index is 13.2. The molecule has 3 aromatic rings. The highest BCUT2D eigenvalue weighted by Gasteiger charge is 2.31. The lowest BCUT2D eigenvalue weighted by Gasteiger charge is -2.27. The molecule has 10 heteroatoms. The Labute approximate surface area is 175 Å². The van der Waals surface area contributed by atoms with Crippen molar-refractivity contribution in [2.45, 2.75) is 13.3 Å². The zero-order valence-electron chi connectivity index (χ0n) is 16.6. The number of hydrogen-bond donors (Lipinski definition) is 1. The first-order valence-electron chi connectivity index (χ1n) is 9.56. The van der Waals surface area contributed by atoms with Crippen molar-refractivity contribution in [2.24, 2.45) is 0 Å². The van der Waals surface area contributed by atoms with Gasteiger partial charge in [-0.3, -0.25) is 4.79 Å². The lowest BCUT2D eigenvalue weighted by Crippen LogP contribution is -2.41. The number of carbonyl (C=O) groups excluding carboxylic acids is 1. The summed E-state index contributed by atoms with van der Waals surface area (Å²) in [7, 11) is 0. The van der Waals surface area contributed by atoms with Gasteiger partial charge in [0, 0.05) is 36.1 Å². The van der Waals surface area contributed by atoms with Gasteiger partial charge in [-0.25, -0.2) is 9.97 Å². The van der Waals surface area contributed by atoms with E-state index >= 15 is 0 Å². The molecule has 1 saturated heterocycles. The molecule has 0 aliphatic carbocycles. The zero-order valence-corrected chi connectivity index (χ0v) is 16.6. The van der Waals surface area contributed by atoms with Crippen LogP contribution in [0.3, 0.4) is 0 Å². The van der Waals surface area contributed by atoms with E-state index in [9.17, 15) is 18.0 Å². The first-order chi connectivity index (χ1) is 14.8. The fourth-order valence-electron chi connectivity index (χ4n) is 3.29. The Morgan fingerprint density at radius 1 is 1.13 bits per heavy atom. The third-order valence-corrected chi connectivity index (χ3v) is 4.75. The van der Waals surface area contributed by atoms with Gasteiger partial charge in [0.05, 0.1) is 24.5 Å². The number of benzene rings is 1. The van der Waals surface area contributed by atoms with Crippen molar-refractivity contribution in [1.29, 1.82) is 0 Å². The number of amides is 1. The average molecular weight is 432 g/mol. The number of fused-ring (bicyclic) bond motifs is 1. The number of ether oxygens (including phenoxy) is 2. The van der Waals surface area contributed by atoms with Crippen LogP contribution in [0.25, 0.3) is 11.0 Å². The molecule has 1 fully saturated rings. The predicted octanol–water partition coefficient (Wildman–Crippen LogP) is 4.05. The topological polar surface area (TPSA) is 76.6 Å². The smallest absolute Gasteiger partial charge is 0.406 e. The average Bonchev–Trinajstić information content (AvgIpc) is 2.74. The van der Waals surface area contributed by atoms with Crippen molar-refractivity contribution >= 4 is 28.3 Å². The normalized spacial score (nSPS) is 14.5. The van der Waals surface area contributed by atoms with Gasteiger partial charge >= 0.3 is 6.36 Å². The van der Waals surface area contributed by atoms with Gasteiger partial charge < -0.3 is 19.7 Å². The number of nitrogens with zero attached hydrogens (tertiary/aromatic N) is 3. The Morgan fingerprint density at radius 2 is 1.84 bits per heavy atom. The standard InChI is InChI=1S/C21H19F3N4O3/c1-13-2-7-16-18(27-14-3-5-15(6-4-14)31-21(22,23)24)17(12-25-19(16)26-13)20(29)28-8-10-30-11-9-28/h2-7,12H,8-11H2,1H3,(H,25,26,27). The van der Waals surface area contributed by atoms with Crippen molar-refractivity contribution in [1.82, 2.24) is 14.9 Å². The highest BCUT2D eigenvalue weighted by Crippen LogP contribution is 2.31. The molecule has 7 nitrogen and oxygen atoms in total. The summed E-state index contributed by atoms with van der Waals surface area (Å²) in [6.07, 6.45) is -3.30. The molecule has 1 aromatic carbocycles. The fraction of sp³-hybridized carbons (Fsp3) is 0.286.